The Morgan fingerprint density at radius 1 is 0.278 bits per heavy atom. The third kappa shape index (κ3) is 1.62. The van der Waals surface area contributed by atoms with Gasteiger partial charge in [-0.1, -0.05) is 0 Å². The quantitative estimate of drug-likeness (QED) is 0.0842. The Kier molecular flexibility index (Phi) is 2.89. The molecular formula is C68H26I2N2. The van der Waals surface area contributed by atoms with E-state index >= 15 is 0 Å². The molecule has 10 atom stereocenters. The number of halogens is 2. The highest BCUT2D eigenvalue weighted by molar-refractivity contribution is 6.71. The van der Waals surface area contributed by atoms with Gasteiger partial charge in [0, 0.05) is 35.5 Å². The number of hydrogen-bond donors (Lipinski definition) is 0. The van der Waals surface area contributed by atoms with E-state index in [-0.39, 0.29) is 69.6 Å². The van der Waals surface area contributed by atoms with Crippen LogP contribution in [-0.4, -0.2) is 63.3 Å². The van der Waals surface area contributed by atoms with Crippen molar-refractivity contribution < 1.29 is 56.9 Å². The highest BCUT2D eigenvalue weighted by Gasteiger charge is 2.88. The van der Waals surface area contributed by atoms with Crippen LogP contribution >= 0.6 is 0 Å². The maximum atomic E-state index is 2.72. The number of benzene rings is 12. The Hall–Kier alpha value is -5.12. The summed E-state index contributed by atoms with van der Waals surface area (Å²) < 4.78 is 2.29. The molecule has 2 fully saturated rings. The molecule has 16 aliphatic carbocycles. The van der Waals surface area contributed by atoms with Gasteiger partial charge in [-0.05, 0) is 273 Å². The van der Waals surface area contributed by atoms with Crippen molar-refractivity contribution in [3.8, 4) is 11.1 Å². The van der Waals surface area contributed by atoms with Crippen molar-refractivity contribution in [1.82, 2.24) is 0 Å². The van der Waals surface area contributed by atoms with Crippen LogP contribution in [0.25, 0.3) is 184 Å². The lowest BCUT2D eigenvalue weighted by atomic mass is 9.41. The Bertz CT molecular complexity index is 6370. The summed E-state index contributed by atoms with van der Waals surface area (Å²) in [6, 6.07) is 0. The second-order valence-corrected chi connectivity index (χ2v) is 30.3. The maximum absolute atomic E-state index is 2.72. The van der Waals surface area contributed by atoms with Crippen LogP contribution in [0.15, 0.2) is 0 Å². The molecule has 18 aliphatic rings. The Morgan fingerprint density at radius 3 is 1.21 bits per heavy atom. The monoisotopic (exact) mass is 1120 g/mol. The zero-order valence-electron chi connectivity index (χ0n) is 38.9. The molecule has 4 heteroatoms. The molecule has 322 valence electrons. The highest BCUT2D eigenvalue weighted by Crippen LogP contribution is 2.97. The first-order valence-corrected chi connectivity index (χ1v) is 27.7. The molecule has 0 radical (unpaired) electrons. The van der Waals surface area contributed by atoms with Crippen LogP contribution in [0.3, 0.4) is 0 Å². The molecule has 4 spiro atoms. The zero-order valence-corrected chi connectivity index (χ0v) is 43.3. The lowest BCUT2D eigenvalue weighted by Gasteiger charge is -2.58. The SMILES string of the molecule is C[N+]1(C)CC23c4c5c6c7c8c9c%10c%11c%12c%13c%14c%15c%16c%17c%18c%19c%20c%21c(c2c2c4c4c6c9c6c4c4c2c%21c2c%19c(c%18%14)c9c%13c%10c6c9c24)C2=C4c6c(c-%16c9c%10c6C(C5C7=C%10C5(C[N+](C)(C)CC8%115)C9C%15%12)C43C1)C%17C2%20.[I-].[I-]. The molecule has 2 aliphatic heterocycles. The van der Waals surface area contributed by atoms with E-state index in [2.05, 4.69) is 28.2 Å². The summed E-state index contributed by atoms with van der Waals surface area (Å²) in [4.78, 5) is 0. The smallest absolute Gasteiger partial charge is 0.0934 e. The van der Waals surface area contributed by atoms with Gasteiger partial charge in [0.25, 0.3) is 0 Å². The second-order valence-electron chi connectivity index (χ2n) is 30.3. The Morgan fingerprint density at radius 2 is 0.639 bits per heavy atom. The van der Waals surface area contributed by atoms with Crippen LogP contribution in [0, 0.1) is 10.8 Å². The Balaban J connectivity index is 0.00000163. The summed E-state index contributed by atoms with van der Waals surface area (Å²) in [7, 11) is 10.9. The standard InChI is InChI=1S/C68H26N2.2HI/c1-69(2)5-65-57-41-30-19-12-13-17-10-9-14-11-15(10)26-35-24(17)31-20(13)22-21(19)32-29-33(22)44-42(31)58-46(35)48-37(26)28-18(11)27-36-25(14)34(23(30)16(9)12)45(57)47(36)59-49-38(27)39(28)50-54-53(49)63(67(59,65)7-69)55-51(61(65)43(32)41)40(29)52-56(55)64(54)68(60(48)50)8-70(3,4)6-66(58,68)62(44)52;;/h27,36,48,55,60,63H,5-8H2,1-4H3;2*1H/q+2;;/p-2. The van der Waals surface area contributed by atoms with Crippen molar-refractivity contribution in [1.29, 1.82) is 0 Å². The number of rotatable bonds is 0. The number of quaternary nitrogens is 2. The number of likely N-dealkylation sites (N-methyl/N-ethyl adjacent to an activating group) is 2. The van der Waals surface area contributed by atoms with E-state index in [1.807, 2.05) is 149 Å². The van der Waals surface area contributed by atoms with Crippen LogP contribution in [0.1, 0.15) is 125 Å². The molecule has 34 rings (SSSR count). The molecular weight excluding hydrogens is 1100 g/mol. The van der Waals surface area contributed by atoms with Crippen molar-refractivity contribution in [3.05, 3.63) is 89.0 Å². The zero-order chi connectivity index (χ0) is 42.2. The van der Waals surface area contributed by atoms with Gasteiger partial charge >= 0.3 is 0 Å². The van der Waals surface area contributed by atoms with Crippen molar-refractivity contribution in [2.75, 3.05) is 54.4 Å². The molecule has 0 amide bonds. The Labute approximate surface area is 438 Å². The second kappa shape index (κ2) is 6.74. The van der Waals surface area contributed by atoms with Gasteiger partial charge in [0.2, 0.25) is 0 Å². The highest BCUT2D eigenvalue weighted by atomic mass is 127. The first-order valence-electron chi connectivity index (χ1n) is 27.7. The van der Waals surface area contributed by atoms with Crippen LogP contribution < -0.4 is 48.0 Å². The minimum atomic E-state index is -0.0118. The van der Waals surface area contributed by atoms with E-state index in [4.69, 9.17) is 0 Å². The van der Waals surface area contributed by atoms with E-state index in [9.17, 15) is 0 Å². The van der Waals surface area contributed by atoms with E-state index in [0.29, 0.717) is 35.5 Å². The number of likely N-dealkylation sites (tertiary alicyclic amines) is 2. The summed E-state index contributed by atoms with van der Waals surface area (Å²) in [6.45, 7) is 5.11. The summed E-state index contributed by atoms with van der Waals surface area (Å²) >= 11 is 0. The molecule has 10 unspecified atom stereocenters. The lowest BCUT2D eigenvalue weighted by Crippen LogP contribution is -3.00. The summed E-state index contributed by atoms with van der Waals surface area (Å²) in [5.74, 6) is 2.94. The predicted molar refractivity (Wildman–Crippen MR) is 278 cm³/mol. The lowest BCUT2D eigenvalue weighted by molar-refractivity contribution is -0.881. The van der Waals surface area contributed by atoms with Crippen LogP contribution in [0.2, 0.25) is 0 Å². The van der Waals surface area contributed by atoms with Gasteiger partial charge < -0.3 is 56.9 Å². The predicted octanol–water partition coefficient (Wildman–Crippen LogP) is 7.47. The van der Waals surface area contributed by atoms with Gasteiger partial charge in [-0.3, -0.25) is 0 Å². The molecule has 0 saturated carbocycles. The molecule has 2 saturated heterocycles. The van der Waals surface area contributed by atoms with Gasteiger partial charge in [-0.2, -0.15) is 0 Å². The third-order valence-corrected chi connectivity index (χ3v) is 29.1. The first-order chi connectivity index (χ1) is 34.3. The molecule has 0 bridgehead atoms. The summed E-state index contributed by atoms with van der Waals surface area (Å²) in [6.07, 6.45) is 0. The van der Waals surface area contributed by atoms with Crippen molar-refractivity contribution in [2.45, 2.75) is 46.3 Å². The molecule has 16 aromatic carbocycles. The van der Waals surface area contributed by atoms with Crippen LogP contribution in [-0.2, 0) is 10.8 Å². The molecule has 2 heterocycles. The normalized spacial score (nSPS) is 37.3. The summed E-state index contributed by atoms with van der Waals surface area (Å²) in [5.41, 5.74) is 42.3. The van der Waals surface area contributed by atoms with Crippen molar-refractivity contribution >= 4 is 173 Å². The number of nitrogens with zero attached hydrogens (tertiary/aromatic N) is 2. The van der Waals surface area contributed by atoms with E-state index in [1.54, 1.807) is 124 Å². The van der Waals surface area contributed by atoms with Gasteiger partial charge in [0.15, 0.2) is 0 Å². The van der Waals surface area contributed by atoms with Gasteiger partial charge in [0.05, 0.1) is 76.0 Å². The van der Waals surface area contributed by atoms with Gasteiger partial charge in [-0.15, -0.1) is 0 Å². The van der Waals surface area contributed by atoms with Crippen molar-refractivity contribution in [2.24, 2.45) is 10.8 Å². The van der Waals surface area contributed by atoms with E-state index < -0.39 is 0 Å². The van der Waals surface area contributed by atoms with Crippen LogP contribution in [0.4, 0.5) is 0 Å². The topological polar surface area (TPSA) is 0 Å². The molecule has 0 aromatic heterocycles. The van der Waals surface area contributed by atoms with Gasteiger partial charge in [-0.25, -0.2) is 0 Å². The van der Waals surface area contributed by atoms with Gasteiger partial charge in [0.1, 0.15) is 0 Å². The fourth-order valence-electron chi connectivity index (χ4n) is 30.6. The average Bonchev–Trinajstić information content (AvgIpc) is 4.28. The third-order valence-electron chi connectivity index (χ3n) is 29.1. The van der Waals surface area contributed by atoms with Crippen LogP contribution in [0.5, 0.6) is 0 Å². The van der Waals surface area contributed by atoms with Crippen molar-refractivity contribution in [3.63, 3.8) is 0 Å². The van der Waals surface area contributed by atoms with E-state index in [0.717, 1.165) is 8.97 Å². The fourth-order valence-corrected chi connectivity index (χ4v) is 30.6. The van der Waals surface area contributed by atoms with E-state index in [1.165, 1.54) is 26.2 Å². The molecule has 0 N–H and O–H groups in total. The maximum Gasteiger partial charge on any atom is 0.0934 e. The fraction of sp³-hybridized carbons (Fsp3) is 0.265. The number of hydrogen-bond acceptors (Lipinski definition) is 0. The molecule has 72 heavy (non-hydrogen) atoms. The average molecular weight is 1120 g/mol. The molecule has 16 aromatic rings. The minimum absolute atomic E-state index is 0. The minimum Gasteiger partial charge on any atom is -1.00 e. The summed E-state index contributed by atoms with van der Waals surface area (Å²) in [5, 5.41) is 49.8. The largest absolute Gasteiger partial charge is 1.00 e. The molecule has 2 nitrogen and oxygen atoms in total. The number of allylic oxidation sites excluding steroid dienone is 2. The first kappa shape index (κ1) is 30.9.